The van der Waals surface area contributed by atoms with Gasteiger partial charge in [0, 0.05) is 38.8 Å². The topological polar surface area (TPSA) is 279 Å². The van der Waals surface area contributed by atoms with E-state index in [0.717, 1.165) is 36.8 Å². The standard InChI is InChI=1S/C28H43BrN2O6.C26H42N2O5.C6H6BrNO4.2CH4/c1-17(2)6-11-25(32)31-22-12-19(4)23(36-20(22)5)9-7-18(3)8-10-24-27(34)28(16-35-28)13-21(37-24)15-30-26(33)14-29;1-16(2)6-11-24(29)28-21-12-18(4)22(32-19(21)5)9-7-17(3)8-10-23-25(30)26(15-31-26)13-20(14-27)33-23;7-3-6(11)12-8-4(9)1-2-5(8)10;;/h6-8,10-11,17,19-24,27,34H,9,12-16H2,1-5H3,(H,30,33)(H,31,32);6-8,10-11,16,18-23,25,30H,9,12-15,27H2,1-5H3,(H,28,29);1-3H2;2*1H4/b10-8+,11-6-,18-7+;10-8+,11-6-,17-7+;;;/t19-,20+,21-,22+,23-,24+,27+,28+;18-,19+,20-,21+,22-,23+,25+,26+;;;/m00.../s1. The SMILES string of the molecule is C.C.CC(/C=C/[C@H]1O[C@H](CN)C[C@@]2(CO2)[C@@H]1O)=C\C[C@@H]1O[C@H](C)[C@H](NC(=O)/C=C\C(C)C)C[C@@H]1C.CC(/C=C/[C@H]1O[C@H](CNC(=O)CBr)C[C@@]2(CO2)[C@@H]1O)=C\C[C@@H]1O[C@H](C)[C@H](NC(=O)/C=C\C(C)C)C[C@@H]1C.O=C(CBr)ON1C(=O)CCC1=O. The summed E-state index contributed by atoms with van der Waals surface area (Å²) in [7, 11) is 0. The number of amides is 5. The van der Waals surface area contributed by atoms with Crippen molar-refractivity contribution in [2.75, 3.05) is 37.0 Å². The zero-order valence-corrected chi connectivity index (χ0v) is 52.6. The Hall–Kier alpha value is -3.94. The van der Waals surface area contributed by atoms with Crippen molar-refractivity contribution >= 4 is 67.4 Å². The van der Waals surface area contributed by atoms with Crippen molar-refractivity contribution in [1.82, 2.24) is 21.0 Å². The molecule has 7 aliphatic rings. The second-order valence-electron chi connectivity index (χ2n) is 23.5. The summed E-state index contributed by atoms with van der Waals surface area (Å²) in [5.41, 5.74) is 6.88. The van der Waals surface area contributed by atoms with Crippen LogP contribution in [-0.4, -0.2) is 172 Å². The number of epoxide rings is 2. The number of halogens is 2. The van der Waals surface area contributed by atoms with E-state index in [1.807, 2.05) is 91.8 Å². The molecule has 0 radical (unpaired) electrons. The van der Waals surface area contributed by atoms with Crippen LogP contribution in [-0.2, 0) is 62.0 Å². The summed E-state index contributed by atoms with van der Waals surface area (Å²) in [6.07, 6.45) is 21.2. The van der Waals surface area contributed by atoms with Crippen molar-refractivity contribution in [1.29, 1.82) is 0 Å². The van der Waals surface area contributed by atoms with Crippen molar-refractivity contribution in [3.05, 3.63) is 71.9 Å². The molecule has 0 aromatic heterocycles. The van der Waals surface area contributed by atoms with Crippen LogP contribution >= 0.6 is 31.9 Å². The molecule has 0 unspecified atom stereocenters. The largest absolute Gasteiger partial charge is 0.387 e. The lowest BCUT2D eigenvalue weighted by atomic mass is 9.87. The number of aliphatic hydroxyl groups is 2. The smallest absolute Gasteiger partial charge is 0.343 e. The van der Waals surface area contributed by atoms with Crippen molar-refractivity contribution in [3.63, 3.8) is 0 Å². The molecular weight excluding hydrogens is 1210 g/mol. The monoisotopic (exact) mass is 1310 g/mol. The van der Waals surface area contributed by atoms with Crippen LogP contribution in [0.15, 0.2) is 71.9 Å². The molecule has 7 rings (SSSR count). The van der Waals surface area contributed by atoms with E-state index in [-0.39, 0.29) is 105 Å². The molecule has 7 fully saturated rings. The number of nitrogens with one attached hydrogen (secondary N) is 3. The molecule has 0 aliphatic carbocycles. The first-order chi connectivity index (χ1) is 38.8. The van der Waals surface area contributed by atoms with Crippen LogP contribution in [0.1, 0.15) is 135 Å². The molecule has 5 amide bonds. The molecule has 84 heavy (non-hydrogen) atoms. The summed E-state index contributed by atoms with van der Waals surface area (Å²) in [6.45, 7) is 22.5. The first-order valence-corrected chi connectivity index (χ1v) is 31.1. The molecule has 2 spiro atoms. The number of imide groups is 1. The Labute approximate surface area is 516 Å². The number of nitrogens with two attached hydrogens (primary N) is 1. The van der Waals surface area contributed by atoms with E-state index < -0.39 is 53.4 Å². The number of nitrogens with zero attached hydrogens (tertiary/aromatic N) is 1. The van der Waals surface area contributed by atoms with Crippen molar-refractivity contribution < 1.29 is 72.2 Å². The number of ether oxygens (including phenoxy) is 6. The van der Waals surface area contributed by atoms with Crippen LogP contribution in [0.2, 0.25) is 0 Å². The van der Waals surface area contributed by atoms with Gasteiger partial charge < -0.3 is 65.2 Å². The summed E-state index contributed by atoms with van der Waals surface area (Å²) < 4.78 is 35.7. The molecule has 20 nitrogen and oxygen atoms in total. The van der Waals surface area contributed by atoms with Crippen LogP contribution in [0.3, 0.4) is 0 Å². The van der Waals surface area contributed by atoms with Gasteiger partial charge in [-0.25, -0.2) is 4.79 Å². The number of hydroxylamine groups is 2. The molecule has 7 heterocycles. The lowest BCUT2D eigenvalue weighted by Gasteiger charge is -2.39. The highest BCUT2D eigenvalue weighted by atomic mass is 79.9. The molecule has 7 N–H and O–H groups in total. The normalized spacial score (nSPS) is 34.0. The zero-order valence-electron chi connectivity index (χ0n) is 49.4. The predicted molar refractivity (Wildman–Crippen MR) is 329 cm³/mol. The maximum absolute atomic E-state index is 12.2. The van der Waals surface area contributed by atoms with Crippen molar-refractivity contribution in [3.8, 4) is 0 Å². The summed E-state index contributed by atoms with van der Waals surface area (Å²) in [6, 6.07) is 0.0117. The third-order valence-corrected chi connectivity index (χ3v) is 16.6. The van der Waals surface area contributed by atoms with E-state index in [9.17, 15) is 39.0 Å². The third kappa shape index (κ3) is 23.0. The molecule has 7 saturated heterocycles. The van der Waals surface area contributed by atoms with Gasteiger partial charge in [-0.15, -0.1) is 5.06 Å². The first kappa shape index (κ1) is 74.3. The van der Waals surface area contributed by atoms with E-state index in [4.69, 9.17) is 34.2 Å². The lowest BCUT2D eigenvalue weighted by molar-refractivity contribution is -0.195. The van der Waals surface area contributed by atoms with Crippen molar-refractivity contribution in [2.24, 2.45) is 29.4 Å². The van der Waals surface area contributed by atoms with Gasteiger partial charge in [0.05, 0.1) is 67.3 Å². The van der Waals surface area contributed by atoms with Gasteiger partial charge in [0.1, 0.15) is 40.9 Å². The molecule has 7 aliphatic heterocycles. The molecule has 0 bridgehead atoms. The second kappa shape index (κ2) is 35.2. The average molecular weight is 1310 g/mol. The Morgan fingerprint density at radius 2 is 1.11 bits per heavy atom. The van der Waals surface area contributed by atoms with Crippen LogP contribution < -0.4 is 21.7 Å². The van der Waals surface area contributed by atoms with E-state index in [2.05, 4.69) is 78.6 Å². The highest BCUT2D eigenvalue weighted by molar-refractivity contribution is 9.09. The number of alkyl halides is 2. The molecule has 22 heteroatoms. The highest BCUT2D eigenvalue weighted by Gasteiger charge is 2.59. The maximum atomic E-state index is 12.2. The van der Waals surface area contributed by atoms with E-state index in [0.29, 0.717) is 67.9 Å². The summed E-state index contributed by atoms with van der Waals surface area (Å²) in [5, 5.41) is 31.1. The number of carbonyl (C=O) groups excluding carboxylic acids is 6. The van der Waals surface area contributed by atoms with Gasteiger partial charge in [-0.2, -0.15) is 0 Å². The van der Waals surface area contributed by atoms with Gasteiger partial charge in [-0.3, -0.25) is 24.0 Å². The van der Waals surface area contributed by atoms with Gasteiger partial charge in [0.2, 0.25) is 17.7 Å². The minimum absolute atomic E-state index is 0. The Morgan fingerprint density at radius 1 is 0.690 bits per heavy atom. The Bertz CT molecular complexity index is 2340. The number of hydrogen-bond donors (Lipinski definition) is 6. The minimum Gasteiger partial charge on any atom is -0.387 e. The summed E-state index contributed by atoms with van der Waals surface area (Å²) >= 11 is 5.98. The first-order valence-electron chi connectivity index (χ1n) is 28.9. The third-order valence-electron chi connectivity index (χ3n) is 15.6. The molecule has 0 saturated carbocycles. The lowest BCUT2D eigenvalue weighted by Crippen LogP contribution is -2.52. The van der Waals surface area contributed by atoms with E-state index >= 15 is 0 Å². The van der Waals surface area contributed by atoms with Crippen molar-refractivity contribution in [2.45, 2.75) is 220 Å². The number of allylic oxidation sites excluding steroid dienone is 6. The van der Waals surface area contributed by atoms with Gasteiger partial charge in [-0.05, 0) is 89.2 Å². The second-order valence-corrected chi connectivity index (χ2v) is 24.6. The van der Waals surface area contributed by atoms with Gasteiger partial charge in [0.15, 0.2) is 0 Å². The number of aliphatic hydroxyl groups excluding tert-OH is 2. The Balaban J connectivity index is 0.000000362. The average Bonchev–Trinajstić information content (AvgIpc) is 2.13. The summed E-state index contributed by atoms with van der Waals surface area (Å²) in [5.74, 6) is -0.497. The van der Waals surface area contributed by atoms with Crippen LogP contribution in [0.4, 0.5) is 0 Å². The van der Waals surface area contributed by atoms with Crippen LogP contribution in [0, 0.1) is 23.7 Å². The van der Waals surface area contributed by atoms with Gasteiger partial charge in [0.25, 0.3) is 11.8 Å². The number of carbonyl (C=O) groups is 6. The highest BCUT2D eigenvalue weighted by Crippen LogP contribution is 2.44. The zero-order chi connectivity index (χ0) is 60.5. The van der Waals surface area contributed by atoms with Crippen LogP contribution in [0.5, 0.6) is 0 Å². The molecule has 476 valence electrons. The molecular formula is C62H99Br2N5O15. The number of rotatable bonds is 20. The molecule has 0 aromatic carbocycles. The fraction of sp³-hybridized carbons (Fsp3) is 0.710. The van der Waals surface area contributed by atoms with Crippen LogP contribution in [0.25, 0.3) is 0 Å². The predicted octanol–water partition coefficient (Wildman–Crippen LogP) is 7.08. The number of hydrogen-bond acceptors (Lipinski definition) is 16. The van der Waals surface area contributed by atoms with E-state index in [1.165, 1.54) is 0 Å². The Kier molecular flexibility index (Phi) is 31.1. The quantitative estimate of drug-likeness (QED) is 0.0233. The summed E-state index contributed by atoms with van der Waals surface area (Å²) in [4.78, 5) is 72.7. The molecule has 0 aromatic rings. The maximum Gasteiger partial charge on any atom is 0.343 e. The Morgan fingerprint density at radius 3 is 1.49 bits per heavy atom. The fourth-order valence-electron chi connectivity index (χ4n) is 10.4. The van der Waals surface area contributed by atoms with Gasteiger partial charge in [-0.1, -0.05) is 148 Å². The van der Waals surface area contributed by atoms with Gasteiger partial charge >= 0.3 is 5.97 Å². The minimum atomic E-state index is -0.746. The fourth-order valence-corrected chi connectivity index (χ4v) is 10.7. The molecule has 16 atom stereocenters. The van der Waals surface area contributed by atoms with E-state index in [1.54, 1.807) is 12.2 Å².